The van der Waals surface area contributed by atoms with E-state index in [0.29, 0.717) is 24.9 Å². The van der Waals surface area contributed by atoms with Gasteiger partial charge < -0.3 is 14.9 Å². The van der Waals surface area contributed by atoms with Crippen LogP contribution in [-0.4, -0.2) is 46.1 Å². The molecule has 0 radical (unpaired) electrons. The number of carbonyl (C=O) groups excluding carboxylic acids is 3. The van der Waals surface area contributed by atoms with Crippen LogP contribution in [0.1, 0.15) is 81.1 Å². The predicted molar refractivity (Wildman–Crippen MR) is 181 cm³/mol. The molecule has 45 heavy (non-hydrogen) atoms. The second-order valence-corrected chi connectivity index (χ2v) is 13.1. The van der Waals surface area contributed by atoms with Crippen LogP contribution in [0.4, 0.5) is 0 Å². The van der Waals surface area contributed by atoms with E-state index in [4.69, 9.17) is 4.74 Å². The topological polar surface area (TPSA) is 101 Å². The number of aliphatic hydroxyl groups is 2. The van der Waals surface area contributed by atoms with Gasteiger partial charge in [0.2, 0.25) is 0 Å². The first-order valence-corrected chi connectivity index (χ1v) is 15.5. The van der Waals surface area contributed by atoms with Gasteiger partial charge in [0, 0.05) is 30.8 Å². The first kappa shape index (κ1) is 37.4. The molecule has 0 heterocycles. The van der Waals surface area contributed by atoms with Gasteiger partial charge in [0.25, 0.3) is 6.47 Å². The zero-order valence-electron chi connectivity index (χ0n) is 28.1. The Bertz CT molecular complexity index is 1430. The third-order valence-corrected chi connectivity index (χ3v) is 8.29. The summed E-state index contributed by atoms with van der Waals surface area (Å²) in [7, 11) is 0. The van der Waals surface area contributed by atoms with Crippen molar-refractivity contribution in [3.8, 4) is 0 Å². The lowest BCUT2D eigenvalue weighted by molar-refractivity contribution is -0.137. The largest absolute Gasteiger partial charge is 0.464 e. The third-order valence-electron chi connectivity index (χ3n) is 8.29. The highest BCUT2D eigenvalue weighted by atomic mass is 16.5. The van der Waals surface area contributed by atoms with Crippen molar-refractivity contribution >= 4 is 18.0 Å². The van der Waals surface area contributed by atoms with Gasteiger partial charge in [0.1, 0.15) is 6.10 Å². The Morgan fingerprint density at radius 1 is 0.978 bits per heavy atom. The smallest absolute Gasteiger partial charge is 0.293 e. The lowest BCUT2D eigenvalue weighted by Crippen LogP contribution is -2.41. The number of carbonyl (C=O) groups is 3. The third kappa shape index (κ3) is 12.2. The van der Waals surface area contributed by atoms with Crippen LogP contribution in [0.2, 0.25) is 0 Å². The zero-order chi connectivity index (χ0) is 33.8. The normalized spacial score (nSPS) is 26.8. The van der Waals surface area contributed by atoms with Crippen molar-refractivity contribution in [3.05, 3.63) is 112 Å². The summed E-state index contributed by atoms with van der Waals surface area (Å²) < 4.78 is 5.09. The maximum absolute atomic E-state index is 12.8. The molecule has 4 atom stereocenters. The van der Waals surface area contributed by atoms with Gasteiger partial charge in [-0.25, -0.2) is 0 Å². The van der Waals surface area contributed by atoms with E-state index in [-0.39, 0.29) is 41.8 Å². The Labute approximate surface area is 269 Å². The molecule has 0 amide bonds. The number of ketones is 2. The highest BCUT2D eigenvalue weighted by Gasteiger charge is 2.40. The van der Waals surface area contributed by atoms with E-state index in [9.17, 15) is 24.6 Å². The molecule has 6 heteroatoms. The van der Waals surface area contributed by atoms with E-state index in [1.165, 1.54) is 6.08 Å². The molecule has 1 fully saturated rings. The van der Waals surface area contributed by atoms with E-state index in [1.54, 1.807) is 26.8 Å². The Kier molecular flexibility index (Phi) is 14.1. The second-order valence-electron chi connectivity index (χ2n) is 13.1. The molecule has 2 aliphatic rings. The molecule has 0 bridgehead atoms. The number of ether oxygens (including phenoxy) is 1. The van der Waals surface area contributed by atoms with Crippen molar-refractivity contribution < 1.29 is 29.3 Å². The number of allylic oxidation sites excluding steroid dienone is 15. The van der Waals surface area contributed by atoms with Crippen molar-refractivity contribution in [2.24, 2.45) is 11.3 Å². The average Bonchev–Trinajstić information content (AvgIpc) is 2.91. The monoisotopic (exact) mass is 614 g/mol. The van der Waals surface area contributed by atoms with Gasteiger partial charge in [-0.2, -0.15) is 0 Å². The molecule has 6 nitrogen and oxygen atoms in total. The molecule has 0 aromatic rings. The van der Waals surface area contributed by atoms with E-state index in [2.05, 4.69) is 5.73 Å². The van der Waals surface area contributed by atoms with Crippen LogP contribution < -0.4 is 0 Å². The van der Waals surface area contributed by atoms with Crippen LogP contribution in [0.15, 0.2) is 112 Å². The molecule has 0 aliphatic heterocycles. The maximum atomic E-state index is 12.8. The van der Waals surface area contributed by atoms with Crippen LogP contribution in [0, 0.1) is 11.3 Å². The minimum Gasteiger partial charge on any atom is -0.464 e. The molecule has 242 valence electrons. The SMILES string of the molecule is CC1=CC(=O)CC(C)(O)C1CC(=O)/C(C)=C/C=C/C(C)=C/C=C/C=C(C)/C=C/C=C(\C)C=C=C1C(O)CC(OC=O)CC1(C)C. The standard InChI is InChI=1S/C39H50O6/c1-27(15-11-16-29(3)19-20-34-37(43)22-33(45-26-40)25-38(34,6)7)13-9-10-14-28(2)17-12-18-30(4)36(42)23-35-31(5)21-32(41)24-39(35,8)44/h9-19,21,26,33,35,37,43-44H,22-25H2,1-8H3/b10-9+,15-11+,17-12+,27-13+,28-14+,29-16+,30-18+. The van der Waals surface area contributed by atoms with Gasteiger partial charge in [0.05, 0.1) is 11.7 Å². The minimum absolute atomic E-state index is 0.0367. The summed E-state index contributed by atoms with van der Waals surface area (Å²) >= 11 is 0. The number of rotatable bonds is 12. The summed E-state index contributed by atoms with van der Waals surface area (Å²) in [5, 5.41) is 21.2. The molecule has 0 aromatic carbocycles. The van der Waals surface area contributed by atoms with Crippen molar-refractivity contribution in [1.29, 1.82) is 0 Å². The number of hydrogen-bond acceptors (Lipinski definition) is 6. The van der Waals surface area contributed by atoms with Gasteiger partial charge in [-0.15, -0.1) is 5.73 Å². The van der Waals surface area contributed by atoms with Crippen molar-refractivity contribution in [3.63, 3.8) is 0 Å². The molecule has 4 unspecified atom stereocenters. The summed E-state index contributed by atoms with van der Waals surface area (Å²) in [5.41, 5.74) is 7.02. The summed E-state index contributed by atoms with van der Waals surface area (Å²) in [6.07, 6.45) is 23.1. The highest BCUT2D eigenvalue weighted by Crippen LogP contribution is 2.41. The van der Waals surface area contributed by atoms with Crippen molar-refractivity contribution in [2.75, 3.05) is 0 Å². The van der Waals surface area contributed by atoms with Crippen molar-refractivity contribution in [2.45, 2.75) is 98.9 Å². The van der Waals surface area contributed by atoms with Crippen LogP contribution in [0.3, 0.4) is 0 Å². The number of Topliss-reactive ketones (excluding diaryl/α,β-unsaturated/α-hetero) is 1. The molecular weight excluding hydrogens is 564 g/mol. The molecule has 1 saturated carbocycles. The minimum atomic E-state index is -1.21. The Balaban J connectivity index is 1.93. The van der Waals surface area contributed by atoms with Crippen LogP contribution >= 0.6 is 0 Å². The summed E-state index contributed by atoms with van der Waals surface area (Å²) in [5.74, 6) is -0.518. The summed E-state index contributed by atoms with van der Waals surface area (Å²) in [6, 6.07) is 0. The fourth-order valence-corrected chi connectivity index (χ4v) is 5.71. The molecule has 0 saturated heterocycles. The summed E-state index contributed by atoms with van der Waals surface area (Å²) in [6.45, 7) is 15.7. The maximum Gasteiger partial charge on any atom is 0.293 e. The van der Waals surface area contributed by atoms with E-state index >= 15 is 0 Å². The summed E-state index contributed by atoms with van der Waals surface area (Å²) in [4.78, 5) is 35.2. The molecule has 2 rings (SSSR count). The van der Waals surface area contributed by atoms with Gasteiger partial charge in [0.15, 0.2) is 11.6 Å². The molecule has 2 N–H and O–H groups in total. The van der Waals surface area contributed by atoms with Crippen LogP contribution in [0.25, 0.3) is 0 Å². The van der Waals surface area contributed by atoms with E-state index in [0.717, 1.165) is 27.9 Å². The Hall–Kier alpha value is -3.83. The van der Waals surface area contributed by atoms with Crippen molar-refractivity contribution in [1.82, 2.24) is 0 Å². The lowest BCUT2D eigenvalue weighted by atomic mass is 9.71. The molecular formula is C39H50O6. The van der Waals surface area contributed by atoms with Gasteiger partial charge >= 0.3 is 0 Å². The van der Waals surface area contributed by atoms with Gasteiger partial charge in [-0.05, 0) is 76.7 Å². The molecule has 0 aromatic heterocycles. The van der Waals surface area contributed by atoms with Gasteiger partial charge in [-0.1, -0.05) is 91.3 Å². The molecule has 2 aliphatic carbocycles. The Morgan fingerprint density at radius 2 is 1.56 bits per heavy atom. The fraction of sp³-hybridized carbons (Fsp3) is 0.436. The average molecular weight is 615 g/mol. The van der Waals surface area contributed by atoms with E-state index in [1.807, 2.05) is 95.4 Å². The second kappa shape index (κ2) is 17.0. The highest BCUT2D eigenvalue weighted by molar-refractivity contribution is 5.97. The van der Waals surface area contributed by atoms with Crippen LogP contribution in [-0.2, 0) is 19.1 Å². The lowest BCUT2D eigenvalue weighted by Gasteiger charge is -2.38. The first-order chi connectivity index (χ1) is 21.1. The predicted octanol–water partition coefficient (Wildman–Crippen LogP) is 7.49. The number of aliphatic hydroxyl groups excluding tert-OH is 1. The quantitative estimate of drug-likeness (QED) is 0.102. The Morgan fingerprint density at radius 3 is 2.11 bits per heavy atom. The first-order valence-electron chi connectivity index (χ1n) is 15.5. The van der Waals surface area contributed by atoms with Gasteiger partial charge in [-0.3, -0.25) is 14.4 Å². The fourth-order valence-electron chi connectivity index (χ4n) is 5.71. The molecule has 0 spiro atoms. The zero-order valence-corrected chi connectivity index (χ0v) is 28.1. The van der Waals surface area contributed by atoms with Crippen LogP contribution in [0.5, 0.6) is 0 Å². The number of hydrogen-bond donors (Lipinski definition) is 2. The van der Waals surface area contributed by atoms with E-state index < -0.39 is 11.7 Å².